The summed E-state index contributed by atoms with van der Waals surface area (Å²) in [6, 6.07) is 44.4. The molecule has 0 spiro atoms. The third-order valence-corrected chi connectivity index (χ3v) is 7.64. The lowest BCUT2D eigenvalue weighted by atomic mass is 9.98. The van der Waals surface area contributed by atoms with Gasteiger partial charge in [-0.15, -0.1) is 0 Å². The fraction of sp³-hybridized carbons (Fsp3) is 0. The molecule has 0 atom stereocenters. The number of benzene rings is 6. The van der Waals surface area contributed by atoms with Gasteiger partial charge in [-0.25, -0.2) is 0 Å². The molecule has 41 heavy (non-hydrogen) atoms. The first-order chi connectivity index (χ1) is 20.2. The van der Waals surface area contributed by atoms with Gasteiger partial charge < -0.3 is 18.8 Å². The Labute approximate surface area is 241 Å². The number of anilines is 3. The fourth-order valence-electron chi connectivity index (χ4n) is 5.52. The number of halogens is 1. The van der Waals surface area contributed by atoms with Crippen molar-refractivity contribution >= 4 is 50.6 Å². The first kappa shape index (κ1) is 23.7. The van der Waals surface area contributed by atoms with Gasteiger partial charge >= 0.3 is 0 Å². The molecule has 0 bridgehead atoms. The zero-order chi connectivity index (χ0) is 27.3. The number of rotatable bonds is 4. The summed E-state index contributed by atoms with van der Waals surface area (Å²) >= 11 is 6.23. The van der Waals surface area contributed by atoms with Crippen molar-refractivity contribution in [1.82, 2.24) is 0 Å². The van der Waals surface area contributed by atoms with Gasteiger partial charge in [0.15, 0.2) is 28.6 Å². The lowest BCUT2D eigenvalue weighted by Crippen LogP contribution is -2.11. The Morgan fingerprint density at radius 2 is 1.22 bits per heavy atom. The van der Waals surface area contributed by atoms with E-state index in [0.29, 0.717) is 28.0 Å². The van der Waals surface area contributed by atoms with Gasteiger partial charge in [0.1, 0.15) is 5.58 Å². The van der Waals surface area contributed by atoms with E-state index in [4.69, 9.17) is 25.5 Å². The van der Waals surface area contributed by atoms with E-state index in [1.54, 1.807) is 0 Å². The molecule has 2 heterocycles. The van der Waals surface area contributed by atoms with Crippen molar-refractivity contribution < 1.29 is 13.9 Å². The van der Waals surface area contributed by atoms with E-state index in [2.05, 4.69) is 35.2 Å². The van der Waals surface area contributed by atoms with Gasteiger partial charge in [0.25, 0.3) is 0 Å². The molecule has 0 saturated heterocycles. The molecular formula is C36H22ClNO3. The van der Waals surface area contributed by atoms with Gasteiger partial charge in [0.2, 0.25) is 0 Å². The molecule has 7 aromatic rings. The molecule has 0 aliphatic carbocycles. The summed E-state index contributed by atoms with van der Waals surface area (Å²) in [7, 11) is 0. The van der Waals surface area contributed by atoms with Crippen LogP contribution in [0.2, 0.25) is 5.02 Å². The molecule has 196 valence electrons. The number of hydrogen-bond donors (Lipinski definition) is 0. The molecule has 0 saturated carbocycles. The van der Waals surface area contributed by atoms with E-state index < -0.39 is 0 Å². The van der Waals surface area contributed by atoms with Crippen LogP contribution >= 0.6 is 11.6 Å². The van der Waals surface area contributed by atoms with Gasteiger partial charge in [-0.3, -0.25) is 0 Å². The van der Waals surface area contributed by atoms with E-state index in [1.165, 1.54) is 0 Å². The Bertz CT molecular complexity index is 2070. The smallest absolute Gasteiger partial charge is 0.172 e. The maximum absolute atomic E-state index is 6.63. The van der Waals surface area contributed by atoms with Crippen molar-refractivity contribution in [2.75, 3.05) is 4.90 Å². The maximum Gasteiger partial charge on any atom is 0.172 e. The van der Waals surface area contributed by atoms with Gasteiger partial charge in [-0.05, 0) is 71.8 Å². The maximum atomic E-state index is 6.63. The molecule has 8 rings (SSSR count). The van der Waals surface area contributed by atoms with Gasteiger partial charge in [-0.2, -0.15) is 0 Å². The van der Waals surface area contributed by atoms with E-state index >= 15 is 0 Å². The van der Waals surface area contributed by atoms with Crippen LogP contribution in [-0.4, -0.2) is 0 Å². The minimum absolute atomic E-state index is 0.653. The van der Waals surface area contributed by atoms with Crippen molar-refractivity contribution in [2.45, 2.75) is 0 Å². The molecule has 0 amide bonds. The highest BCUT2D eigenvalue weighted by atomic mass is 35.5. The number of nitrogens with zero attached hydrogens (tertiary/aromatic N) is 1. The highest BCUT2D eigenvalue weighted by molar-refractivity contribution is 6.30. The lowest BCUT2D eigenvalue weighted by Gasteiger charge is -2.28. The standard InChI is InChI=1S/C36H22ClNO3/c37-24-16-14-23(15-17-24)27-19-20-29(36-35(27)28-10-4-5-11-30(28)41-36)38(25-8-2-1-3-9-25)26-18-21-33-34(22-26)40-32-13-7-6-12-31(32)39-33/h1-22H. The van der Waals surface area contributed by atoms with Crippen LogP contribution in [0.25, 0.3) is 33.1 Å². The Morgan fingerprint density at radius 3 is 2.02 bits per heavy atom. The molecule has 0 fully saturated rings. The average Bonchev–Trinajstić information content (AvgIpc) is 3.41. The van der Waals surface area contributed by atoms with Gasteiger partial charge in [0, 0.05) is 27.5 Å². The summed E-state index contributed by atoms with van der Waals surface area (Å²) in [5, 5.41) is 2.81. The topological polar surface area (TPSA) is 34.8 Å². The van der Waals surface area contributed by atoms with Gasteiger partial charge in [-0.1, -0.05) is 78.3 Å². The van der Waals surface area contributed by atoms with Crippen LogP contribution in [0.15, 0.2) is 138 Å². The van der Waals surface area contributed by atoms with Crippen LogP contribution in [0.5, 0.6) is 23.0 Å². The fourth-order valence-corrected chi connectivity index (χ4v) is 5.65. The molecule has 6 aromatic carbocycles. The predicted molar refractivity (Wildman–Crippen MR) is 165 cm³/mol. The van der Waals surface area contributed by atoms with Crippen molar-refractivity contribution in [3.05, 3.63) is 138 Å². The van der Waals surface area contributed by atoms with Crippen molar-refractivity contribution in [2.24, 2.45) is 0 Å². The van der Waals surface area contributed by atoms with E-state index in [9.17, 15) is 0 Å². The Kier molecular flexibility index (Phi) is 5.47. The highest BCUT2D eigenvalue weighted by Gasteiger charge is 2.24. The Morgan fingerprint density at radius 1 is 0.537 bits per heavy atom. The van der Waals surface area contributed by atoms with Crippen LogP contribution in [-0.2, 0) is 0 Å². The normalized spacial score (nSPS) is 11.9. The summed E-state index contributed by atoms with van der Waals surface area (Å²) < 4.78 is 19.0. The Hall–Kier alpha value is -5.19. The minimum Gasteiger partial charge on any atom is -0.454 e. The highest BCUT2D eigenvalue weighted by Crippen LogP contribution is 2.50. The molecule has 1 aliphatic heterocycles. The Balaban J connectivity index is 1.36. The zero-order valence-electron chi connectivity index (χ0n) is 21.8. The molecule has 1 aliphatic rings. The molecule has 0 radical (unpaired) electrons. The third kappa shape index (κ3) is 4.00. The van der Waals surface area contributed by atoms with Crippen LogP contribution in [0.1, 0.15) is 0 Å². The third-order valence-electron chi connectivity index (χ3n) is 7.39. The van der Waals surface area contributed by atoms with E-state index in [1.807, 2.05) is 103 Å². The quantitative estimate of drug-likeness (QED) is 0.218. The largest absolute Gasteiger partial charge is 0.454 e. The molecule has 0 N–H and O–H groups in total. The summed E-state index contributed by atoms with van der Waals surface area (Å²) in [5.74, 6) is 2.72. The van der Waals surface area contributed by atoms with Crippen LogP contribution < -0.4 is 14.4 Å². The lowest BCUT2D eigenvalue weighted by molar-refractivity contribution is 0.360. The summed E-state index contributed by atoms with van der Waals surface area (Å²) in [6.07, 6.45) is 0. The molecule has 1 aromatic heterocycles. The monoisotopic (exact) mass is 551 g/mol. The number of fused-ring (bicyclic) bond motifs is 5. The molecular weight excluding hydrogens is 530 g/mol. The number of ether oxygens (including phenoxy) is 2. The van der Waals surface area contributed by atoms with Crippen molar-refractivity contribution in [3.63, 3.8) is 0 Å². The predicted octanol–water partition coefficient (Wildman–Crippen LogP) is 11.3. The SMILES string of the molecule is Clc1ccc(-c2ccc(N(c3ccccc3)c3ccc4c(c3)Oc3ccccc3O4)c3oc4ccccc4c23)cc1. The molecule has 0 unspecified atom stereocenters. The zero-order valence-corrected chi connectivity index (χ0v) is 22.5. The summed E-state index contributed by atoms with van der Waals surface area (Å²) in [4.78, 5) is 2.19. The number of hydrogen-bond acceptors (Lipinski definition) is 4. The summed E-state index contributed by atoms with van der Waals surface area (Å²) in [5.41, 5.74) is 6.60. The van der Waals surface area contributed by atoms with Crippen molar-refractivity contribution in [3.8, 4) is 34.1 Å². The van der Waals surface area contributed by atoms with Crippen LogP contribution in [0.4, 0.5) is 17.1 Å². The second-order valence-corrected chi connectivity index (χ2v) is 10.3. The van der Waals surface area contributed by atoms with E-state index in [-0.39, 0.29) is 0 Å². The van der Waals surface area contributed by atoms with E-state index in [0.717, 1.165) is 50.1 Å². The van der Waals surface area contributed by atoms with Crippen LogP contribution in [0, 0.1) is 0 Å². The second-order valence-electron chi connectivity index (χ2n) is 9.89. The van der Waals surface area contributed by atoms with Gasteiger partial charge in [0.05, 0.1) is 11.4 Å². The second kappa shape index (κ2) is 9.47. The summed E-state index contributed by atoms with van der Waals surface area (Å²) in [6.45, 7) is 0. The first-order valence-corrected chi connectivity index (χ1v) is 13.7. The van der Waals surface area contributed by atoms with Crippen LogP contribution in [0.3, 0.4) is 0 Å². The minimum atomic E-state index is 0.653. The van der Waals surface area contributed by atoms with Crippen molar-refractivity contribution in [1.29, 1.82) is 0 Å². The number of para-hydroxylation sites is 4. The molecule has 5 heteroatoms. The molecule has 4 nitrogen and oxygen atoms in total. The number of furan rings is 1. The first-order valence-electron chi connectivity index (χ1n) is 13.4. The average molecular weight is 552 g/mol.